The zero-order valence-electron chi connectivity index (χ0n) is 14.3. The molecule has 1 aliphatic heterocycles. The van der Waals surface area contributed by atoms with Crippen LogP contribution >= 0.6 is 0 Å². The highest BCUT2D eigenvalue weighted by molar-refractivity contribution is 5.97. The number of nitrogens with zero attached hydrogens (tertiary/aromatic N) is 5. The monoisotopic (exact) mass is 339 g/mol. The first-order chi connectivity index (χ1) is 12.3. The summed E-state index contributed by atoms with van der Waals surface area (Å²) in [7, 11) is 0. The molecular weight excluding hydrogens is 318 g/mol. The van der Waals surface area contributed by atoms with Crippen molar-refractivity contribution in [1.82, 2.24) is 24.8 Å². The second kappa shape index (κ2) is 6.66. The summed E-state index contributed by atoms with van der Waals surface area (Å²) in [6, 6.07) is 3.94. The summed E-state index contributed by atoms with van der Waals surface area (Å²) in [6.45, 7) is 3.59. The minimum Gasteiger partial charge on any atom is -0.336 e. The van der Waals surface area contributed by atoms with Crippen LogP contribution in [-0.2, 0) is 13.0 Å². The lowest BCUT2D eigenvalue weighted by molar-refractivity contribution is 0.0721. The first kappa shape index (κ1) is 15.8. The van der Waals surface area contributed by atoms with Crippen LogP contribution in [0.25, 0.3) is 11.1 Å². The molecule has 1 fully saturated rings. The summed E-state index contributed by atoms with van der Waals surface area (Å²) >= 11 is 0. The average Bonchev–Trinajstić information content (AvgIpc) is 3.36. The fourth-order valence-corrected chi connectivity index (χ4v) is 3.50. The first-order valence-corrected chi connectivity index (χ1v) is 8.79. The molecule has 3 aromatic heterocycles. The van der Waals surface area contributed by atoms with Crippen LogP contribution in [0.1, 0.15) is 42.2 Å². The third kappa shape index (κ3) is 3.01. The number of aryl methyl sites for hydroxylation is 1. The molecule has 1 amide bonds. The van der Waals surface area contributed by atoms with Gasteiger partial charge in [0.1, 0.15) is 0 Å². The number of hydrogen-bond acceptors (Lipinski definition) is 5. The van der Waals surface area contributed by atoms with Crippen molar-refractivity contribution in [2.24, 2.45) is 0 Å². The number of fused-ring (bicyclic) bond motifs is 1. The molecule has 7 heteroatoms. The highest BCUT2D eigenvalue weighted by Gasteiger charge is 2.30. The number of carbonyl (C=O) groups excluding carboxylic acids is 1. The molecule has 0 aromatic carbocycles. The van der Waals surface area contributed by atoms with E-state index < -0.39 is 0 Å². The van der Waals surface area contributed by atoms with Crippen LogP contribution < -0.4 is 0 Å². The highest BCUT2D eigenvalue weighted by atomic mass is 16.5. The van der Waals surface area contributed by atoms with E-state index in [1.807, 2.05) is 27.9 Å². The first-order valence-electron chi connectivity index (χ1n) is 8.79. The Morgan fingerprint density at radius 2 is 2.36 bits per heavy atom. The maximum Gasteiger partial charge on any atom is 0.257 e. The van der Waals surface area contributed by atoms with Crippen LogP contribution in [0.2, 0.25) is 0 Å². The van der Waals surface area contributed by atoms with E-state index >= 15 is 0 Å². The van der Waals surface area contributed by atoms with E-state index in [4.69, 9.17) is 4.52 Å². The minimum atomic E-state index is 0.0210. The fourth-order valence-electron chi connectivity index (χ4n) is 3.50. The Labute approximate surface area is 145 Å². The summed E-state index contributed by atoms with van der Waals surface area (Å²) in [5.41, 5.74) is 1.96. The number of likely N-dealkylation sites (tertiary alicyclic amines) is 1. The topological polar surface area (TPSA) is 77.0 Å². The molecule has 0 bridgehead atoms. The van der Waals surface area contributed by atoms with Crippen molar-refractivity contribution in [2.45, 2.75) is 45.2 Å². The Morgan fingerprint density at radius 1 is 1.44 bits per heavy atom. The van der Waals surface area contributed by atoms with Crippen LogP contribution in [-0.4, -0.2) is 43.3 Å². The predicted molar refractivity (Wildman–Crippen MR) is 92.1 cm³/mol. The van der Waals surface area contributed by atoms with Crippen LogP contribution in [0, 0.1) is 0 Å². The van der Waals surface area contributed by atoms with Crippen LogP contribution in [0.15, 0.2) is 35.2 Å². The summed E-state index contributed by atoms with van der Waals surface area (Å²) < 4.78 is 7.14. The standard InChI is InChI=1S/C18H21N5O2/c1-2-5-16-15-10-13(11-19-17(15)25-21-16)18(24)23-9-3-6-14(23)12-22-8-4-7-20-22/h4,7-8,10-11,14H,2-3,5-6,9,12H2,1H3. The molecule has 0 aliphatic carbocycles. The van der Waals surface area contributed by atoms with Gasteiger partial charge in [-0.3, -0.25) is 9.48 Å². The van der Waals surface area contributed by atoms with Gasteiger partial charge in [-0.15, -0.1) is 0 Å². The molecule has 130 valence electrons. The zero-order chi connectivity index (χ0) is 17.2. The van der Waals surface area contributed by atoms with E-state index in [9.17, 15) is 4.79 Å². The highest BCUT2D eigenvalue weighted by Crippen LogP contribution is 2.24. The Hall–Kier alpha value is -2.70. The summed E-state index contributed by atoms with van der Waals surface area (Å²) in [4.78, 5) is 19.3. The lowest BCUT2D eigenvalue weighted by Crippen LogP contribution is -2.38. The Morgan fingerprint density at radius 3 is 3.16 bits per heavy atom. The van der Waals surface area contributed by atoms with E-state index in [1.165, 1.54) is 0 Å². The van der Waals surface area contributed by atoms with Gasteiger partial charge < -0.3 is 9.42 Å². The van der Waals surface area contributed by atoms with Gasteiger partial charge in [0, 0.05) is 25.1 Å². The van der Waals surface area contributed by atoms with Gasteiger partial charge in [-0.2, -0.15) is 5.10 Å². The van der Waals surface area contributed by atoms with Crippen molar-refractivity contribution in [2.75, 3.05) is 6.54 Å². The molecule has 1 saturated heterocycles. The Balaban J connectivity index is 1.58. The molecule has 0 radical (unpaired) electrons. The summed E-state index contributed by atoms with van der Waals surface area (Å²) in [5.74, 6) is 0.0210. The molecule has 1 unspecified atom stereocenters. The van der Waals surface area contributed by atoms with Crippen molar-refractivity contribution < 1.29 is 9.32 Å². The molecule has 4 heterocycles. The largest absolute Gasteiger partial charge is 0.336 e. The number of pyridine rings is 1. The van der Waals surface area contributed by atoms with Gasteiger partial charge in [-0.25, -0.2) is 4.98 Å². The number of hydrogen-bond donors (Lipinski definition) is 0. The Kier molecular flexibility index (Phi) is 4.21. The van der Waals surface area contributed by atoms with Gasteiger partial charge in [-0.05, 0) is 31.4 Å². The second-order valence-corrected chi connectivity index (χ2v) is 6.48. The second-order valence-electron chi connectivity index (χ2n) is 6.48. The predicted octanol–water partition coefficient (Wildman–Crippen LogP) is 2.68. The molecule has 0 saturated carbocycles. The van der Waals surface area contributed by atoms with Gasteiger partial charge in [0.15, 0.2) is 0 Å². The lowest BCUT2D eigenvalue weighted by atomic mass is 10.1. The van der Waals surface area contributed by atoms with Gasteiger partial charge in [0.25, 0.3) is 11.6 Å². The third-order valence-electron chi connectivity index (χ3n) is 4.73. The van der Waals surface area contributed by atoms with E-state index in [-0.39, 0.29) is 11.9 Å². The molecule has 3 aromatic rings. The van der Waals surface area contributed by atoms with E-state index in [0.29, 0.717) is 11.3 Å². The average molecular weight is 339 g/mol. The van der Waals surface area contributed by atoms with Crippen LogP contribution in [0.4, 0.5) is 0 Å². The SMILES string of the molecule is CCCc1noc2ncc(C(=O)N3CCCC3Cn3cccn3)cc12. The van der Waals surface area contributed by atoms with Crippen LogP contribution in [0.5, 0.6) is 0 Å². The zero-order valence-corrected chi connectivity index (χ0v) is 14.3. The molecule has 25 heavy (non-hydrogen) atoms. The lowest BCUT2D eigenvalue weighted by Gasteiger charge is -2.24. The fraction of sp³-hybridized carbons (Fsp3) is 0.444. The third-order valence-corrected chi connectivity index (χ3v) is 4.73. The van der Waals surface area contributed by atoms with Gasteiger partial charge in [0.2, 0.25) is 0 Å². The van der Waals surface area contributed by atoms with Crippen LogP contribution in [0.3, 0.4) is 0 Å². The normalized spacial score (nSPS) is 17.5. The molecule has 1 atom stereocenters. The smallest absolute Gasteiger partial charge is 0.257 e. The number of aromatic nitrogens is 4. The summed E-state index contributed by atoms with van der Waals surface area (Å²) in [5, 5.41) is 9.17. The van der Waals surface area contributed by atoms with E-state index in [0.717, 1.165) is 49.9 Å². The summed E-state index contributed by atoms with van der Waals surface area (Å²) in [6.07, 6.45) is 9.09. The quantitative estimate of drug-likeness (QED) is 0.714. The van der Waals surface area contributed by atoms with Gasteiger partial charge in [0.05, 0.1) is 29.2 Å². The minimum absolute atomic E-state index is 0.0210. The van der Waals surface area contributed by atoms with Crippen molar-refractivity contribution >= 4 is 17.0 Å². The Bertz CT molecular complexity index is 871. The van der Waals surface area contributed by atoms with Crippen molar-refractivity contribution in [1.29, 1.82) is 0 Å². The molecule has 0 N–H and O–H groups in total. The molecule has 4 rings (SSSR count). The van der Waals surface area contributed by atoms with Crippen molar-refractivity contribution in [3.63, 3.8) is 0 Å². The van der Waals surface area contributed by atoms with Crippen molar-refractivity contribution in [3.8, 4) is 0 Å². The van der Waals surface area contributed by atoms with Crippen molar-refractivity contribution in [3.05, 3.63) is 42.0 Å². The maximum atomic E-state index is 13.0. The molecule has 0 spiro atoms. The van der Waals surface area contributed by atoms with E-state index in [1.54, 1.807) is 12.4 Å². The maximum absolute atomic E-state index is 13.0. The van der Waals surface area contributed by atoms with Gasteiger partial charge in [-0.1, -0.05) is 18.5 Å². The van der Waals surface area contributed by atoms with E-state index in [2.05, 4.69) is 22.2 Å². The molecule has 1 aliphatic rings. The molecular formula is C18H21N5O2. The number of carbonyl (C=O) groups is 1. The number of amides is 1. The number of rotatable bonds is 5. The van der Waals surface area contributed by atoms with Gasteiger partial charge >= 0.3 is 0 Å². The molecule has 7 nitrogen and oxygen atoms in total.